The van der Waals surface area contributed by atoms with E-state index in [4.69, 9.17) is 0 Å². The van der Waals surface area contributed by atoms with E-state index in [9.17, 15) is 4.79 Å². The van der Waals surface area contributed by atoms with E-state index < -0.39 is 0 Å². The van der Waals surface area contributed by atoms with Crippen LogP contribution in [0.5, 0.6) is 0 Å². The molecule has 0 radical (unpaired) electrons. The van der Waals surface area contributed by atoms with Crippen molar-refractivity contribution in [2.45, 2.75) is 32.1 Å². The van der Waals surface area contributed by atoms with Crippen LogP contribution in [-0.2, 0) is 4.79 Å². The third-order valence-corrected chi connectivity index (χ3v) is 3.92. The van der Waals surface area contributed by atoms with E-state index >= 15 is 0 Å². The second-order valence-electron chi connectivity index (χ2n) is 5.52. The topological polar surface area (TPSA) is 41.1 Å². The molecule has 3 heteroatoms. The first-order valence-corrected chi connectivity index (χ1v) is 6.96. The van der Waals surface area contributed by atoms with Crippen LogP contribution in [0.4, 0.5) is 11.4 Å². The Labute approximate surface area is 108 Å². The van der Waals surface area contributed by atoms with Crippen LogP contribution in [0.3, 0.4) is 0 Å². The Balaban J connectivity index is 1.49. The fourth-order valence-corrected chi connectivity index (χ4v) is 2.22. The maximum absolute atomic E-state index is 11.6. The summed E-state index contributed by atoms with van der Waals surface area (Å²) >= 11 is 0. The standard InChI is InChI=1S/C15H20N2O/c18-15(12-4-5-12)17-14-8-6-13(7-9-14)16-10-11-2-1-3-11/h6-9,11-12,16H,1-5,10H2,(H,17,18). The van der Waals surface area contributed by atoms with Gasteiger partial charge in [-0.1, -0.05) is 6.42 Å². The van der Waals surface area contributed by atoms with Crippen molar-refractivity contribution in [1.29, 1.82) is 0 Å². The highest BCUT2D eigenvalue weighted by molar-refractivity contribution is 5.94. The summed E-state index contributed by atoms with van der Waals surface area (Å²) in [5.41, 5.74) is 2.05. The molecule has 2 saturated carbocycles. The van der Waals surface area contributed by atoms with Gasteiger partial charge in [-0.3, -0.25) is 4.79 Å². The van der Waals surface area contributed by atoms with Gasteiger partial charge in [-0.25, -0.2) is 0 Å². The molecule has 1 aromatic carbocycles. The fourth-order valence-electron chi connectivity index (χ4n) is 2.22. The van der Waals surface area contributed by atoms with Gasteiger partial charge >= 0.3 is 0 Å². The van der Waals surface area contributed by atoms with Gasteiger partial charge in [0.05, 0.1) is 0 Å². The summed E-state index contributed by atoms with van der Waals surface area (Å²) in [5, 5.41) is 6.40. The largest absolute Gasteiger partial charge is 0.385 e. The number of rotatable bonds is 5. The Morgan fingerprint density at radius 3 is 2.28 bits per heavy atom. The number of carbonyl (C=O) groups is 1. The van der Waals surface area contributed by atoms with E-state index in [2.05, 4.69) is 10.6 Å². The Bertz CT molecular complexity index is 419. The first-order valence-electron chi connectivity index (χ1n) is 6.96. The molecule has 1 aromatic rings. The smallest absolute Gasteiger partial charge is 0.227 e. The minimum atomic E-state index is 0.171. The number of hydrogen-bond donors (Lipinski definition) is 2. The number of benzene rings is 1. The molecule has 2 aliphatic rings. The maximum atomic E-state index is 11.6. The summed E-state index contributed by atoms with van der Waals surface area (Å²) in [6, 6.07) is 8.04. The molecule has 3 rings (SSSR count). The highest BCUT2D eigenvalue weighted by atomic mass is 16.2. The van der Waals surface area contributed by atoms with E-state index in [-0.39, 0.29) is 11.8 Å². The molecule has 0 atom stereocenters. The predicted octanol–water partition coefficient (Wildman–Crippen LogP) is 3.25. The molecular formula is C15H20N2O. The summed E-state index contributed by atoms with van der Waals surface area (Å²) in [5.74, 6) is 1.30. The highest BCUT2D eigenvalue weighted by Gasteiger charge is 2.29. The Kier molecular flexibility index (Phi) is 3.22. The Morgan fingerprint density at radius 1 is 1.06 bits per heavy atom. The van der Waals surface area contributed by atoms with E-state index in [1.165, 1.54) is 19.3 Å². The Morgan fingerprint density at radius 2 is 1.72 bits per heavy atom. The lowest BCUT2D eigenvalue weighted by atomic mass is 9.85. The van der Waals surface area contributed by atoms with Crippen LogP contribution in [0.25, 0.3) is 0 Å². The van der Waals surface area contributed by atoms with Crippen LogP contribution < -0.4 is 10.6 Å². The first-order chi connectivity index (χ1) is 8.81. The molecule has 0 bridgehead atoms. The molecule has 3 nitrogen and oxygen atoms in total. The molecule has 0 aromatic heterocycles. The quantitative estimate of drug-likeness (QED) is 0.834. The maximum Gasteiger partial charge on any atom is 0.227 e. The summed E-state index contributed by atoms with van der Waals surface area (Å²) < 4.78 is 0. The molecule has 2 fully saturated rings. The van der Waals surface area contributed by atoms with E-state index in [0.29, 0.717) is 0 Å². The number of hydrogen-bond acceptors (Lipinski definition) is 2. The molecule has 0 saturated heterocycles. The van der Waals surface area contributed by atoms with Gasteiger partial charge in [-0.05, 0) is 55.9 Å². The van der Waals surface area contributed by atoms with Gasteiger partial charge in [-0.15, -0.1) is 0 Å². The Hall–Kier alpha value is -1.51. The van der Waals surface area contributed by atoms with Gasteiger partial charge in [0.1, 0.15) is 0 Å². The molecule has 0 heterocycles. The van der Waals surface area contributed by atoms with Crippen molar-refractivity contribution in [2.24, 2.45) is 11.8 Å². The lowest BCUT2D eigenvalue weighted by molar-refractivity contribution is -0.117. The fraction of sp³-hybridized carbons (Fsp3) is 0.533. The number of nitrogens with one attached hydrogen (secondary N) is 2. The lowest BCUT2D eigenvalue weighted by Crippen LogP contribution is -2.20. The second kappa shape index (κ2) is 5.01. The minimum absolute atomic E-state index is 0.171. The van der Waals surface area contributed by atoms with Crippen LogP contribution in [-0.4, -0.2) is 12.5 Å². The summed E-state index contributed by atoms with van der Waals surface area (Å²) in [6.45, 7) is 1.08. The summed E-state index contributed by atoms with van der Waals surface area (Å²) in [4.78, 5) is 11.6. The van der Waals surface area contributed by atoms with E-state index in [1.54, 1.807) is 0 Å². The predicted molar refractivity (Wildman–Crippen MR) is 73.6 cm³/mol. The summed E-state index contributed by atoms with van der Waals surface area (Å²) in [7, 11) is 0. The van der Waals surface area contributed by atoms with Crippen LogP contribution in [0.1, 0.15) is 32.1 Å². The molecule has 0 unspecified atom stereocenters. The van der Waals surface area contributed by atoms with Crippen molar-refractivity contribution in [3.05, 3.63) is 24.3 Å². The van der Waals surface area contributed by atoms with Crippen LogP contribution in [0, 0.1) is 11.8 Å². The highest BCUT2D eigenvalue weighted by Crippen LogP contribution is 2.30. The SMILES string of the molecule is O=C(Nc1ccc(NCC2CCC2)cc1)C1CC1. The zero-order chi connectivity index (χ0) is 12.4. The van der Waals surface area contributed by atoms with Crippen molar-refractivity contribution in [1.82, 2.24) is 0 Å². The van der Waals surface area contributed by atoms with Crippen molar-refractivity contribution >= 4 is 17.3 Å². The molecule has 1 amide bonds. The van der Waals surface area contributed by atoms with Gasteiger partial charge < -0.3 is 10.6 Å². The first kappa shape index (κ1) is 11.6. The van der Waals surface area contributed by atoms with Crippen LogP contribution in [0.15, 0.2) is 24.3 Å². The van der Waals surface area contributed by atoms with Gasteiger partial charge in [-0.2, -0.15) is 0 Å². The van der Waals surface area contributed by atoms with Crippen molar-refractivity contribution in [2.75, 3.05) is 17.2 Å². The number of anilines is 2. The van der Waals surface area contributed by atoms with E-state index in [1.807, 2.05) is 24.3 Å². The minimum Gasteiger partial charge on any atom is -0.385 e. The zero-order valence-corrected chi connectivity index (χ0v) is 10.6. The van der Waals surface area contributed by atoms with Gasteiger partial charge in [0.2, 0.25) is 5.91 Å². The molecule has 96 valence electrons. The van der Waals surface area contributed by atoms with Crippen LogP contribution >= 0.6 is 0 Å². The van der Waals surface area contributed by atoms with E-state index in [0.717, 1.165) is 36.7 Å². The second-order valence-corrected chi connectivity index (χ2v) is 5.52. The van der Waals surface area contributed by atoms with Crippen molar-refractivity contribution in [3.8, 4) is 0 Å². The van der Waals surface area contributed by atoms with Gasteiger partial charge in [0.15, 0.2) is 0 Å². The average molecular weight is 244 g/mol. The molecule has 2 N–H and O–H groups in total. The molecule has 18 heavy (non-hydrogen) atoms. The zero-order valence-electron chi connectivity index (χ0n) is 10.6. The molecule has 2 aliphatic carbocycles. The van der Waals surface area contributed by atoms with Gasteiger partial charge in [0.25, 0.3) is 0 Å². The summed E-state index contributed by atoms with van der Waals surface area (Å²) in [6.07, 6.45) is 6.21. The number of carbonyl (C=O) groups excluding carboxylic acids is 1. The lowest BCUT2D eigenvalue weighted by Gasteiger charge is -2.25. The van der Waals surface area contributed by atoms with Crippen molar-refractivity contribution < 1.29 is 4.79 Å². The molecule has 0 aliphatic heterocycles. The average Bonchev–Trinajstić information content (AvgIpc) is 3.13. The molecular weight excluding hydrogens is 224 g/mol. The van der Waals surface area contributed by atoms with Gasteiger partial charge in [0, 0.05) is 23.8 Å². The number of amides is 1. The molecule has 0 spiro atoms. The van der Waals surface area contributed by atoms with Crippen molar-refractivity contribution in [3.63, 3.8) is 0 Å². The third kappa shape index (κ3) is 2.84. The van der Waals surface area contributed by atoms with Crippen LogP contribution in [0.2, 0.25) is 0 Å². The third-order valence-electron chi connectivity index (χ3n) is 3.92. The monoisotopic (exact) mass is 244 g/mol. The normalized spacial score (nSPS) is 19.1.